The van der Waals surface area contributed by atoms with Gasteiger partial charge in [-0.05, 0) is 30.4 Å². The van der Waals surface area contributed by atoms with Crippen LogP contribution in [0.2, 0.25) is 0 Å². The minimum atomic E-state index is -0.292. The van der Waals surface area contributed by atoms with Crippen LogP contribution >= 0.6 is 0 Å². The molecule has 25 heavy (non-hydrogen) atoms. The van der Waals surface area contributed by atoms with E-state index in [-0.39, 0.29) is 29.9 Å². The summed E-state index contributed by atoms with van der Waals surface area (Å²) >= 11 is 0. The molecule has 3 unspecified atom stereocenters. The lowest BCUT2D eigenvalue weighted by molar-refractivity contribution is -0.136. The molecule has 1 aromatic carbocycles. The Balaban J connectivity index is 1.72. The number of amides is 2. The molecule has 0 bridgehead atoms. The van der Waals surface area contributed by atoms with Crippen molar-refractivity contribution < 1.29 is 14.7 Å². The largest absolute Gasteiger partial charge is 0.393 e. The standard InChI is InChI=1S/C20H28N2O3/c1-14(23)22-11-10-15-6-3-4-8-17(15)18(22)12-20(25)21(2)13-16-7-5-9-19(16)24/h3-4,6,8,16,18-19,24H,5,7,9-13H2,1-2H3. The average Bonchev–Trinajstić information content (AvgIpc) is 2.99. The van der Waals surface area contributed by atoms with Crippen molar-refractivity contribution >= 4 is 11.8 Å². The normalized spacial score (nSPS) is 25.6. The third kappa shape index (κ3) is 3.87. The molecule has 1 heterocycles. The summed E-state index contributed by atoms with van der Waals surface area (Å²) in [6, 6.07) is 7.91. The summed E-state index contributed by atoms with van der Waals surface area (Å²) < 4.78 is 0. The Kier molecular flexibility index (Phi) is 5.42. The van der Waals surface area contributed by atoms with E-state index in [1.54, 1.807) is 18.9 Å². The monoisotopic (exact) mass is 344 g/mol. The number of rotatable bonds is 4. The summed E-state index contributed by atoms with van der Waals surface area (Å²) in [5.41, 5.74) is 2.32. The summed E-state index contributed by atoms with van der Waals surface area (Å²) in [5.74, 6) is 0.227. The molecule has 1 N–H and O–H groups in total. The van der Waals surface area contributed by atoms with Gasteiger partial charge in [-0.3, -0.25) is 9.59 Å². The van der Waals surface area contributed by atoms with Crippen LogP contribution in [0, 0.1) is 5.92 Å². The Bertz CT molecular complexity index is 646. The smallest absolute Gasteiger partial charge is 0.224 e. The molecule has 1 saturated carbocycles. The van der Waals surface area contributed by atoms with Gasteiger partial charge >= 0.3 is 0 Å². The fourth-order valence-corrected chi connectivity index (χ4v) is 4.25. The van der Waals surface area contributed by atoms with E-state index < -0.39 is 0 Å². The van der Waals surface area contributed by atoms with E-state index in [1.165, 1.54) is 5.56 Å². The van der Waals surface area contributed by atoms with Gasteiger partial charge in [0, 0.05) is 33.0 Å². The molecular formula is C20H28N2O3. The van der Waals surface area contributed by atoms with Crippen LogP contribution in [0.5, 0.6) is 0 Å². The summed E-state index contributed by atoms with van der Waals surface area (Å²) in [7, 11) is 1.81. The van der Waals surface area contributed by atoms with E-state index in [1.807, 2.05) is 23.1 Å². The Morgan fingerprint density at radius 1 is 1.28 bits per heavy atom. The second-order valence-corrected chi connectivity index (χ2v) is 7.41. The first kappa shape index (κ1) is 17.9. The van der Waals surface area contributed by atoms with E-state index in [0.29, 0.717) is 19.5 Å². The van der Waals surface area contributed by atoms with E-state index >= 15 is 0 Å². The van der Waals surface area contributed by atoms with E-state index in [2.05, 4.69) is 6.07 Å². The number of hydrogen-bond donors (Lipinski definition) is 1. The quantitative estimate of drug-likeness (QED) is 0.910. The number of fused-ring (bicyclic) bond motifs is 1. The van der Waals surface area contributed by atoms with Gasteiger partial charge in [0.15, 0.2) is 0 Å². The summed E-state index contributed by atoms with van der Waals surface area (Å²) in [5, 5.41) is 10.00. The van der Waals surface area contributed by atoms with Gasteiger partial charge < -0.3 is 14.9 Å². The predicted molar refractivity (Wildman–Crippen MR) is 95.9 cm³/mol. The molecule has 3 rings (SSSR count). The maximum Gasteiger partial charge on any atom is 0.224 e. The van der Waals surface area contributed by atoms with Gasteiger partial charge in [0.25, 0.3) is 0 Å². The highest BCUT2D eigenvalue weighted by Gasteiger charge is 2.33. The first-order valence-corrected chi connectivity index (χ1v) is 9.24. The van der Waals surface area contributed by atoms with Crippen LogP contribution in [-0.2, 0) is 16.0 Å². The topological polar surface area (TPSA) is 60.9 Å². The number of nitrogens with zero attached hydrogens (tertiary/aromatic N) is 2. The third-order valence-electron chi connectivity index (χ3n) is 5.74. The lowest BCUT2D eigenvalue weighted by atomic mass is 9.90. The van der Waals surface area contributed by atoms with Crippen LogP contribution in [0.1, 0.15) is 49.8 Å². The van der Waals surface area contributed by atoms with Crippen LogP contribution in [0.15, 0.2) is 24.3 Å². The van der Waals surface area contributed by atoms with Crippen LogP contribution in [-0.4, -0.2) is 53.0 Å². The summed E-state index contributed by atoms with van der Waals surface area (Å²) in [4.78, 5) is 28.4. The van der Waals surface area contributed by atoms with Gasteiger partial charge in [0.1, 0.15) is 0 Å². The van der Waals surface area contributed by atoms with E-state index in [4.69, 9.17) is 0 Å². The molecule has 5 nitrogen and oxygen atoms in total. The molecule has 0 saturated heterocycles. The molecule has 1 aliphatic carbocycles. The molecule has 1 fully saturated rings. The lowest BCUT2D eigenvalue weighted by Gasteiger charge is -2.37. The first-order chi connectivity index (χ1) is 12.0. The highest BCUT2D eigenvalue weighted by Crippen LogP contribution is 2.33. The van der Waals surface area contributed by atoms with Crippen LogP contribution in [0.3, 0.4) is 0 Å². The van der Waals surface area contributed by atoms with E-state index in [0.717, 1.165) is 31.2 Å². The zero-order valence-corrected chi connectivity index (χ0v) is 15.1. The molecular weight excluding hydrogens is 316 g/mol. The highest BCUT2D eigenvalue weighted by atomic mass is 16.3. The Labute approximate surface area is 149 Å². The number of benzene rings is 1. The SMILES string of the molecule is CC(=O)N1CCc2ccccc2C1CC(=O)N(C)CC1CCCC1O. The molecule has 2 amide bonds. The Morgan fingerprint density at radius 3 is 2.72 bits per heavy atom. The maximum atomic E-state index is 12.8. The van der Waals surface area contributed by atoms with E-state index in [9.17, 15) is 14.7 Å². The fraction of sp³-hybridized carbons (Fsp3) is 0.600. The molecule has 0 aromatic heterocycles. The van der Waals surface area contributed by atoms with Crippen molar-refractivity contribution in [3.63, 3.8) is 0 Å². The molecule has 2 aliphatic rings. The predicted octanol–water partition coefficient (Wildman–Crippen LogP) is 2.14. The molecule has 1 aromatic rings. The Hall–Kier alpha value is -1.88. The second kappa shape index (κ2) is 7.56. The van der Waals surface area contributed by atoms with Gasteiger partial charge in [-0.2, -0.15) is 0 Å². The van der Waals surface area contributed by atoms with Crippen molar-refractivity contribution in [2.45, 2.75) is 51.2 Å². The molecule has 0 radical (unpaired) electrons. The van der Waals surface area contributed by atoms with Gasteiger partial charge in [-0.15, -0.1) is 0 Å². The van der Waals surface area contributed by atoms with Crippen LogP contribution in [0.25, 0.3) is 0 Å². The van der Waals surface area contributed by atoms with Crippen LogP contribution < -0.4 is 0 Å². The van der Waals surface area contributed by atoms with Crippen LogP contribution in [0.4, 0.5) is 0 Å². The first-order valence-electron chi connectivity index (χ1n) is 9.24. The summed E-state index contributed by atoms with van der Waals surface area (Å²) in [6.45, 7) is 2.83. The second-order valence-electron chi connectivity index (χ2n) is 7.41. The number of hydrogen-bond acceptors (Lipinski definition) is 3. The van der Waals surface area contributed by atoms with Crippen molar-refractivity contribution in [2.75, 3.05) is 20.1 Å². The van der Waals surface area contributed by atoms with Gasteiger partial charge in [-0.25, -0.2) is 0 Å². The minimum Gasteiger partial charge on any atom is -0.393 e. The van der Waals surface area contributed by atoms with Crippen molar-refractivity contribution in [2.24, 2.45) is 5.92 Å². The van der Waals surface area contributed by atoms with Crippen molar-refractivity contribution in [1.29, 1.82) is 0 Å². The van der Waals surface area contributed by atoms with Crippen molar-refractivity contribution in [3.8, 4) is 0 Å². The molecule has 136 valence electrons. The third-order valence-corrected chi connectivity index (χ3v) is 5.74. The maximum absolute atomic E-state index is 12.8. The Morgan fingerprint density at radius 2 is 2.04 bits per heavy atom. The lowest BCUT2D eigenvalue weighted by Crippen LogP contribution is -2.42. The minimum absolute atomic E-state index is 0.0150. The van der Waals surface area contributed by atoms with Gasteiger partial charge in [-0.1, -0.05) is 30.7 Å². The van der Waals surface area contributed by atoms with Crippen molar-refractivity contribution in [1.82, 2.24) is 9.80 Å². The van der Waals surface area contributed by atoms with Gasteiger partial charge in [0.2, 0.25) is 11.8 Å². The number of carbonyl (C=O) groups excluding carboxylic acids is 2. The molecule has 0 spiro atoms. The van der Waals surface area contributed by atoms with Crippen molar-refractivity contribution in [3.05, 3.63) is 35.4 Å². The number of aliphatic hydroxyl groups is 1. The molecule has 5 heteroatoms. The molecule has 1 aliphatic heterocycles. The number of carbonyl (C=O) groups is 2. The molecule has 3 atom stereocenters. The zero-order valence-electron chi connectivity index (χ0n) is 15.1. The highest BCUT2D eigenvalue weighted by molar-refractivity contribution is 5.79. The van der Waals surface area contributed by atoms with Gasteiger partial charge in [0.05, 0.1) is 18.6 Å². The number of aliphatic hydroxyl groups excluding tert-OH is 1. The average molecular weight is 344 g/mol. The zero-order chi connectivity index (χ0) is 18.0. The fourth-order valence-electron chi connectivity index (χ4n) is 4.25. The summed E-state index contributed by atoms with van der Waals surface area (Å²) in [6.07, 6.45) is 3.69.